The van der Waals surface area contributed by atoms with Crippen molar-refractivity contribution in [2.75, 3.05) is 11.9 Å². The van der Waals surface area contributed by atoms with Crippen LogP contribution < -0.4 is 10.1 Å². The minimum absolute atomic E-state index is 0.269. The highest BCUT2D eigenvalue weighted by Crippen LogP contribution is 2.33. The summed E-state index contributed by atoms with van der Waals surface area (Å²) in [4.78, 5) is 12.7. The van der Waals surface area contributed by atoms with Gasteiger partial charge in [-0.05, 0) is 57.0 Å². The number of thiophene rings is 1. The van der Waals surface area contributed by atoms with Crippen LogP contribution in [0.2, 0.25) is 0 Å². The Morgan fingerprint density at radius 3 is 2.75 bits per heavy atom. The molecular weight excluding hydrogens is 413 g/mol. The molecule has 3 nitrogen and oxygen atoms in total. The maximum absolute atomic E-state index is 13.2. The monoisotopic (exact) mass is 421 g/mol. The first-order valence-electron chi connectivity index (χ1n) is 5.69. The molecule has 106 valence electrons. The van der Waals surface area contributed by atoms with E-state index in [2.05, 4.69) is 37.2 Å². The summed E-state index contributed by atoms with van der Waals surface area (Å²) in [6.45, 7) is 2.19. The summed E-state index contributed by atoms with van der Waals surface area (Å²) in [7, 11) is 0. The molecule has 1 N–H and O–H groups in total. The smallest absolute Gasteiger partial charge is 0.265 e. The van der Waals surface area contributed by atoms with Crippen molar-refractivity contribution >= 4 is 54.8 Å². The number of anilines is 1. The van der Waals surface area contributed by atoms with Gasteiger partial charge in [0.25, 0.3) is 5.91 Å². The third-order valence-corrected chi connectivity index (χ3v) is 5.62. The average Bonchev–Trinajstić information content (AvgIpc) is 2.73. The van der Waals surface area contributed by atoms with Gasteiger partial charge in [0, 0.05) is 10.5 Å². The van der Waals surface area contributed by atoms with Crippen molar-refractivity contribution in [2.45, 2.75) is 6.92 Å². The van der Waals surface area contributed by atoms with Gasteiger partial charge in [0.1, 0.15) is 11.6 Å². The molecule has 0 fully saturated rings. The van der Waals surface area contributed by atoms with Gasteiger partial charge in [0.05, 0.1) is 21.0 Å². The van der Waals surface area contributed by atoms with Gasteiger partial charge in [-0.25, -0.2) is 4.39 Å². The predicted octanol–water partition coefficient (Wildman–Crippen LogP) is 5.06. The van der Waals surface area contributed by atoms with Crippen LogP contribution in [0.25, 0.3) is 0 Å². The Balaban J connectivity index is 2.23. The van der Waals surface area contributed by atoms with E-state index in [9.17, 15) is 9.18 Å². The Morgan fingerprint density at radius 2 is 2.15 bits per heavy atom. The normalized spacial score (nSPS) is 10.4. The van der Waals surface area contributed by atoms with E-state index in [-0.39, 0.29) is 5.91 Å². The number of nitrogens with one attached hydrogen (secondary N) is 1. The standard InChI is InChI=1S/C13H10Br2FNO2S/c1-2-19-10-5-7(16)3-4-9(10)17-13(18)11-6-8(14)12(15)20-11/h3-6H,2H2,1H3,(H,17,18). The summed E-state index contributed by atoms with van der Waals surface area (Å²) in [5.41, 5.74) is 0.443. The minimum atomic E-state index is -0.409. The van der Waals surface area contributed by atoms with Crippen molar-refractivity contribution in [3.05, 3.63) is 43.2 Å². The zero-order valence-corrected chi connectivity index (χ0v) is 14.4. The molecule has 1 heterocycles. The lowest BCUT2D eigenvalue weighted by molar-refractivity contribution is 0.103. The van der Waals surface area contributed by atoms with Crippen molar-refractivity contribution in [2.24, 2.45) is 0 Å². The fraction of sp³-hybridized carbons (Fsp3) is 0.154. The predicted molar refractivity (Wildman–Crippen MR) is 85.2 cm³/mol. The number of benzene rings is 1. The van der Waals surface area contributed by atoms with E-state index in [4.69, 9.17) is 4.74 Å². The van der Waals surface area contributed by atoms with Crippen LogP contribution in [0.3, 0.4) is 0 Å². The molecule has 7 heteroatoms. The molecule has 0 unspecified atom stereocenters. The first-order valence-corrected chi connectivity index (χ1v) is 8.10. The van der Waals surface area contributed by atoms with Crippen LogP contribution in [-0.4, -0.2) is 12.5 Å². The number of halogens is 3. The first kappa shape index (κ1) is 15.5. The van der Waals surface area contributed by atoms with Gasteiger partial charge >= 0.3 is 0 Å². The number of carbonyl (C=O) groups excluding carboxylic acids is 1. The number of hydrogen-bond donors (Lipinski definition) is 1. The van der Waals surface area contributed by atoms with E-state index in [1.165, 1.54) is 29.5 Å². The SMILES string of the molecule is CCOc1cc(F)ccc1NC(=O)c1cc(Br)c(Br)s1. The maximum atomic E-state index is 13.2. The maximum Gasteiger partial charge on any atom is 0.265 e. The second-order valence-electron chi connectivity index (χ2n) is 3.76. The lowest BCUT2D eigenvalue weighted by Gasteiger charge is -2.10. The number of ether oxygens (including phenoxy) is 1. The molecule has 0 saturated heterocycles. The number of amides is 1. The van der Waals surface area contributed by atoms with E-state index in [1.807, 2.05) is 0 Å². The van der Waals surface area contributed by atoms with Crippen LogP contribution in [0.5, 0.6) is 5.75 Å². The highest BCUT2D eigenvalue weighted by atomic mass is 79.9. The van der Waals surface area contributed by atoms with Gasteiger partial charge in [0.2, 0.25) is 0 Å². The zero-order chi connectivity index (χ0) is 14.7. The van der Waals surface area contributed by atoms with Crippen LogP contribution in [0, 0.1) is 5.82 Å². The second kappa shape index (κ2) is 6.69. The van der Waals surface area contributed by atoms with Gasteiger partial charge in [-0.15, -0.1) is 11.3 Å². The molecule has 1 aromatic carbocycles. The number of carbonyl (C=O) groups is 1. The summed E-state index contributed by atoms with van der Waals surface area (Å²) < 4.78 is 20.2. The summed E-state index contributed by atoms with van der Waals surface area (Å²) >= 11 is 7.97. The molecular formula is C13H10Br2FNO2S. The highest BCUT2D eigenvalue weighted by Gasteiger charge is 2.14. The Bertz CT molecular complexity index is 626. The average molecular weight is 423 g/mol. The molecule has 1 amide bonds. The molecule has 0 atom stereocenters. The third kappa shape index (κ3) is 3.59. The molecule has 20 heavy (non-hydrogen) atoms. The van der Waals surface area contributed by atoms with E-state index in [0.717, 1.165) is 8.26 Å². The number of rotatable bonds is 4. The molecule has 0 bridgehead atoms. The first-order chi connectivity index (χ1) is 9.51. The van der Waals surface area contributed by atoms with E-state index < -0.39 is 5.82 Å². The Labute approximate surface area is 136 Å². The molecule has 0 radical (unpaired) electrons. The molecule has 0 aliphatic carbocycles. The summed E-state index contributed by atoms with van der Waals surface area (Å²) in [5.74, 6) is -0.363. The van der Waals surface area contributed by atoms with Gasteiger partial charge in [-0.1, -0.05) is 0 Å². The molecule has 0 aliphatic rings. The third-order valence-electron chi connectivity index (χ3n) is 2.36. The molecule has 2 rings (SSSR count). The Kier molecular flexibility index (Phi) is 5.17. The van der Waals surface area contributed by atoms with Gasteiger partial charge < -0.3 is 10.1 Å². The lowest BCUT2D eigenvalue weighted by atomic mass is 10.2. The molecule has 0 spiro atoms. The van der Waals surface area contributed by atoms with Gasteiger partial charge in [0.15, 0.2) is 0 Å². The van der Waals surface area contributed by atoms with Crippen molar-refractivity contribution in [1.29, 1.82) is 0 Å². The summed E-state index contributed by atoms with van der Waals surface area (Å²) in [5, 5.41) is 2.72. The van der Waals surface area contributed by atoms with Crippen molar-refractivity contribution in [1.82, 2.24) is 0 Å². The molecule has 0 saturated carbocycles. The van der Waals surface area contributed by atoms with Crippen molar-refractivity contribution in [3.8, 4) is 5.75 Å². The van der Waals surface area contributed by atoms with Gasteiger partial charge in [-0.3, -0.25) is 4.79 Å². The van der Waals surface area contributed by atoms with Crippen LogP contribution in [0.15, 0.2) is 32.5 Å². The fourth-order valence-electron chi connectivity index (χ4n) is 1.52. The van der Waals surface area contributed by atoms with Crippen molar-refractivity contribution < 1.29 is 13.9 Å². The summed E-state index contributed by atoms with van der Waals surface area (Å²) in [6, 6.07) is 5.72. The van der Waals surface area contributed by atoms with E-state index in [1.54, 1.807) is 13.0 Å². The van der Waals surface area contributed by atoms with E-state index in [0.29, 0.717) is 22.9 Å². The van der Waals surface area contributed by atoms with E-state index >= 15 is 0 Å². The zero-order valence-electron chi connectivity index (χ0n) is 10.4. The Morgan fingerprint density at radius 1 is 1.40 bits per heavy atom. The second-order valence-corrected chi connectivity index (χ2v) is 6.98. The molecule has 1 aromatic heterocycles. The molecule has 2 aromatic rings. The van der Waals surface area contributed by atoms with Crippen molar-refractivity contribution in [3.63, 3.8) is 0 Å². The minimum Gasteiger partial charge on any atom is -0.492 e. The van der Waals surface area contributed by atoms with Crippen LogP contribution >= 0.6 is 43.2 Å². The number of hydrogen-bond acceptors (Lipinski definition) is 3. The molecule has 0 aliphatic heterocycles. The van der Waals surface area contributed by atoms with Gasteiger partial charge in [-0.2, -0.15) is 0 Å². The van der Waals surface area contributed by atoms with Crippen LogP contribution in [0.1, 0.15) is 16.6 Å². The Hall–Kier alpha value is -0.920. The van der Waals surface area contributed by atoms with Crippen LogP contribution in [-0.2, 0) is 0 Å². The topological polar surface area (TPSA) is 38.3 Å². The van der Waals surface area contributed by atoms with Crippen LogP contribution in [0.4, 0.5) is 10.1 Å². The fourth-order valence-corrected chi connectivity index (χ4v) is 3.45. The highest BCUT2D eigenvalue weighted by molar-refractivity contribution is 9.13. The quantitative estimate of drug-likeness (QED) is 0.747. The largest absolute Gasteiger partial charge is 0.492 e. The lowest BCUT2D eigenvalue weighted by Crippen LogP contribution is -2.11. The summed E-state index contributed by atoms with van der Waals surface area (Å²) in [6.07, 6.45) is 0.